The molecule has 0 aliphatic heterocycles. The van der Waals surface area contributed by atoms with E-state index in [1.54, 1.807) is 17.5 Å². The van der Waals surface area contributed by atoms with Crippen molar-refractivity contribution in [3.8, 4) is 10.6 Å². The van der Waals surface area contributed by atoms with Crippen molar-refractivity contribution in [2.45, 2.75) is 20.8 Å². The molecule has 0 fully saturated rings. The summed E-state index contributed by atoms with van der Waals surface area (Å²) in [6.07, 6.45) is 0. The van der Waals surface area contributed by atoms with E-state index in [2.05, 4.69) is 4.98 Å². The van der Waals surface area contributed by atoms with Gasteiger partial charge in [0.15, 0.2) is 12.3 Å². The quantitative estimate of drug-likeness (QED) is 0.464. The highest BCUT2D eigenvalue weighted by atomic mass is 32.1. The number of aryl methyl sites for hydroxylation is 3. The van der Waals surface area contributed by atoms with Crippen LogP contribution in [0.15, 0.2) is 41.8 Å². The Kier molecular flexibility index (Phi) is 5.46. The van der Waals surface area contributed by atoms with Crippen molar-refractivity contribution in [1.82, 2.24) is 4.98 Å². The summed E-state index contributed by atoms with van der Waals surface area (Å²) in [5, 5.41) is 2.15. The third-order valence-electron chi connectivity index (χ3n) is 4.09. The summed E-state index contributed by atoms with van der Waals surface area (Å²) in [5.41, 5.74) is 4.22. The van der Waals surface area contributed by atoms with Gasteiger partial charge in [-0.2, -0.15) is 0 Å². The predicted octanol–water partition coefficient (Wildman–Crippen LogP) is 4.91. The van der Waals surface area contributed by atoms with E-state index in [4.69, 9.17) is 4.74 Å². The number of hydrogen-bond acceptors (Lipinski definition) is 5. The second-order valence-corrected chi connectivity index (χ2v) is 7.18. The zero-order valence-corrected chi connectivity index (χ0v) is 16.0. The van der Waals surface area contributed by atoms with E-state index in [-0.39, 0.29) is 23.9 Å². The average molecular weight is 383 g/mol. The number of carbonyl (C=O) groups is 2. The minimum Gasteiger partial charge on any atom is -0.453 e. The number of ether oxygens (including phenoxy) is 1. The molecule has 3 rings (SSSR count). The Morgan fingerprint density at radius 3 is 2.33 bits per heavy atom. The molecule has 0 unspecified atom stereocenters. The van der Waals surface area contributed by atoms with Crippen molar-refractivity contribution < 1.29 is 18.7 Å². The highest BCUT2D eigenvalue weighted by molar-refractivity contribution is 7.13. The smallest absolute Gasteiger partial charge is 0.358 e. The molecule has 0 spiro atoms. The standard InChI is InChI=1S/C21H18FNO3S/c1-12-8-13(2)19(14(3)9-12)18(24)10-26-21(25)17-11-27-20(23-17)15-4-6-16(22)7-5-15/h4-9,11H,10H2,1-3H3. The fourth-order valence-electron chi connectivity index (χ4n) is 2.99. The van der Waals surface area contributed by atoms with Gasteiger partial charge in [-0.1, -0.05) is 17.7 Å². The van der Waals surface area contributed by atoms with Crippen LogP contribution in [-0.4, -0.2) is 23.3 Å². The highest BCUT2D eigenvalue weighted by Crippen LogP contribution is 2.24. The van der Waals surface area contributed by atoms with Gasteiger partial charge in [-0.15, -0.1) is 11.3 Å². The van der Waals surface area contributed by atoms with Crippen LogP contribution in [0.5, 0.6) is 0 Å². The van der Waals surface area contributed by atoms with Gasteiger partial charge in [-0.05, 0) is 56.2 Å². The Hall–Kier alpha value is -2.86. The number of halogens is 1. The molecular formula is C21H18FNO3S. The van der Waals surface area contributed by atoms with Gasteiger partial charge in [0.1, 0.15) is 10.8 Å². The summed E-state index contributed by atoms with van der Waals surface area (Å²) in [6, 6.07) is 9.71. The number of rotatable bonds is 5. The monoisotopic (exact) mass is 383 g/mol. The Balaban J connectivity index is 1.68. The molecular weight excluding hydrogens is 365 g/mol. The number of esters is 1. The second kappa shape index (κ2) is 7.80. The summed E-state index contributed by atoms with van der Waals surface area (Å²) in [5.74, 6) is -1.24. The summed E-state index contributed by atoms with van der Waals surface area (Å²) in [7, 11) is 0. The zero-order chi connectivity index (χ0) is 19.6. The van der Waals surface area contributed by atoms with Gasteiger partial charge in [-0.25, -0.2) is 14.2 Å². The maximum atomic E-state index is 13.0. The lowest BCUT2D eigenvalue weighted by molar-refractivity contribution is 0.0469. The summed E-state index contributed by atoms with van der Waals surface area (Å²) in [6.45, 7) is 5.36. The van der Waals surface area contributed by atoms with Crippen molar-refractivity contribution >= 4 is 23.1 Å². The maximum absolute atomic E-state index is 13.0. The van der Waals surface area contributed by atoms with Crippen LogP contribution in [0.25, 0.3) is 10.6 Å². The van der Waals surface area contributed by atoms with Gasteiger partial charge < -0.3 is 4.74 Å². The van der Waals surface area contributed by atoms with Crippen LogP contribution >= 0.6 is 11.3 Å². The second-order valence-electron chi connectivity index (χ2n) is 6.32. The molecule has 1 heterocycles. The van der Waals surface area contributed by atoms with Gasteiger partial charge in [0.25, 0.3) is 0 Å². The van der Waals surface area contributed by atoms with E-state index in [1.165, 1.54) is 23.5 Å². The van der Waals surface area contributed by atoms with E-state index in [0.717, 1.165) is 16.7 Å². The molecule has 27 heavy (non-hydrogen) atoms. The molecule has 0 N–H and O–H groups in total. The molecule has 6 heteroatoms. The lowest BCUT2D eigenvalue weighted by atomic mass is 9.97. The minimum absolute atomic E-state index is 0.129. The first-order valence-corrected chi connectivity index (χ1v) is 9.23. The molecule has 0 bridgehead atoms. The molecule has 2 aromatic carbocycles. The van der Waals surface area contributed by atoms with E-state index in [1.807, 2.05) is 32.9 Å². The van der Waals surface area contributed by atoms with Crippen LogP contribution in [0.4, 0.5) is 4.39 Å². The molecule has 4 nitrogen and oxygen atoms in total. The lowest BCUT2D eigenvalue weighted by Crippen LogP contribution is -2.16. The Bertz CT molecular complexity index is 986. The van der Waals surface area contributed by atoms with Crippen LogP contribution in [-0.2, 0) is 4.74 Å². The molecule has 0 atom stereocenters. The van der Waals surface area contributed by atoms with Crippen LogP contribution in [0.2, 0.25) is 0 Å². The van der Waals surface area contributed by atoms with Crippen molar-refractivity contribution in [3.63, 3.8) is 0 Å². The fraction of sp³-hybridized carbons (Fsp3) is 0.190. The van der Waals surface area contributed by atoms with Crippen molar-refractivity contribution in [3.05, 3.63) is 75.5 Å². The molecule has 0 saturated carbocycles. The summed E-state index contributed by atoms with van der Waals surface area (Å²) in [4.78, 5) is 28.9. The Morgan fingerprint density at radius 2 is 1.70 bits per heavy atom. The molecule has 0 amide bonds. The lowest BCUT2D eigenvalue weighted by Gasteiger charge is -2.10. The number of thiazole rings is 1. The van der Waals surface area contributed by atoms with E-state index < -0.39 is 5.97 Å². The normalized spacial score (nSPS) is 10.7. The van der Waals surface area contributed by atoms with Gasteiger partial charge in [0.05, 0.1) is 0 Å². The highest BCUT2D eigenvalue weighted by Gasteiger charge is 2.18. The number of ketones is 1. The third-order valence-corrected chi connectivity index (χ3v) is 4.99. The van der Waals surface area contributed by atoms with E-state index >= 15 is 0 Å². The summed E-state index contributed by atoms with van der Waals surface area (Å²) < 4.78 is 18.2. The Labute approximate surface area is 160 Å². The number of hydrogen-bond donors (Lipinski definition) is 0. The van der Waals surface area contributed by atoms with Crippen LogP contribution in [0, 0.1) is 26.6 Å². The Morgan fingerprint density at radius 1 is 1.07 bits per heavy atom. The number of nitrogens with zero attached hydrogens (tertiary/aromatic N) is 1. The first-order valence-electron chi connectivity index (χ1n) is 8.35. The molecule has 1 aromatic heterocycles. The number of Topliss-reactive ketones (excluding diaryl/α,β-unsaturated/α-hetero) is 1. The van der Waals surface area contributed by atoms with Crippen molar-refractivity contribution in [2.75, 3.05) is 6.61 Å². The third kappa shape index (κ3) is 4.28. The zero-order valence-electron chi connectivity index (χ0n) is 15.2. The molecule has 3 aromatic rings. The summed E-state index contributed by atoms with van der Waals surface area (Å²) >= 11 is 1.25. The van der Waals surface area contributed by atoms with E-state index in [0.29, 0.717) is 16.1 Å². The van der Waals surface area contributed by atoms with Gasteiger partial charge in [-0.3, -0.25) is 4.79 Å². The SMILES string of the molecule is Cc1cc(C)c(C(=O)COC(=O)c2csc(-c3ccc(F)cc3)n2)c(C)c1. The van der Waals surface area contributed by atoms with Crippen LogP contribution in [0.3, 0.4) is 0 Å². The first kappa shape index (κ1) is 18.9. The molecule has 0 saturated heterocycles. The fourth-order valence-corrected chi connectivity index (χ4v) is 3.79. The van der Waals surface area contributed by atoms with Crippen molar-refractivity contribution in [1.29, 1.82) is 0 Å². The number of aromatic nitrogens is 1. The first-order chi connectivity index (χ1) is 12.8. The maximum Gasteiger partial charge on any atom is 0.358 e. The largest absolute Gasteiger partial charge is 0.453 e. The number of carbonyl (C=O) groups excluding carboxylic acids is 2. The number of benzene rings is 2. The van der Waals surface area contributed by atoms with E-state index in [9.17, 15) is 14.0 Å². The van der Waals surface area contributed by atoms with Gasteiger partial charge in [0, 0.05) is 16.5 Å². The van der Waals surface area contributed by atoms with Crippen molar-refractivity contribution in [2.24, 2.45) is 0 Å². The van der Waals surface area contributed by atoms with Gasteiger partial charge >= 0.3 is 5.97 Å². The molecule has 0 aliphatic carbocycles. The topological polar surface area (TPSA) is 56.3 Å². The average Bonchev–Trinajstić information content (AvgIpc) is 3.09. The molecule has 0 aliphatic rings. The molecule has 138 valence electrons. The predicted molar refractivity (Wildman–Crippen MR) is 103 cm³/mol. The van der Waals surface area contributed by atoms with Crippen LogP contribution < -0.4 is 0 Å². The molecule has 0 radical (unpaired) electrons. The van der Waals surface area contributed by atoms with Gasteiger partial charge in [0.2, 0.25) is 5.78 Å². The van der Waals surface area contributed by atoms with Crippen LogP contribution in [0.1, 0.15) is 37.5 Å². The minimum atomic E-state index is -0.657.